The third kappa shape index (κ3) is 3.42. The van der Waals surface area contributed by atoms with Gasteiger partial charge in [0.1, 0.15) is 5.82 Å². The standard InChI is InChI=1S/C12H14BrFN2O2S/c1-17-4-5-18-3-2-16-11-6-8(13)9(14)7-10(11)15-12(16)19/h6-7H,2-5H2,1H3,(H,15,19). The zero-order valence-corrected chi connectivity index (χ0v) is 12.8. The Hall–Kier alpha value is -0.760. The minimum absolute atomic E-state index is 0.313. The molecule has 0 spiro atoms. The number of benzene rings is 1. The first-order valence-corrected chi connectivity index (χ1v) is 6.98. The third-order valence-electron chi connectivity index (χ3n) is 2.71. The second-order valence-electron chi connectivity index (χ2n) is 3.97. The van der Waals surface area contributed by atoms with Crippen molar-refractivity contribution in [2.75, 3.05) is 26.9 Å². The van der Waals surface area contributed by atoms with Gasteiger partial charge in [0.25, 0.3) is 0 Å². The van der Waals surface area contributed by atoms with Gasteiger partial charge in [-0.15, -0.1) is 0 Å². The molecule has 0 aliphatic heterocycles. The van der Waals surface area contributed by atoms with Crippen molar-refractivity contribution in [3.05, 3.63) is 27.2 Å². The molecule has 0 aliphatic carbocycles. The van der Waals surface area contributed by atoms with E-state index in [-0.39, 0.29) is 5.82 Å². The minimum Gasteiger partial charge on any atom is -0.382 e. The molecule has 2 rings (SSSR count). The number of hydrogen-bond acceptors (Lipinski definition) is 3. The fourth-order valence-electron chi connectivity index (χ4n) is 1.77. The molecule has 1 N–H and O–H groups in total. The molecule has 0 saturated carbocycles. The maximum absolute atomic E-state index is 13.4. The molecule has 4 nitrogen and oxygen atoms in total. The van der Waals surface area contributed by atoms with Crippen molar-refractivity contribution in [1.29, 1.82) is 0 Å². The lowest BCUT2D eigenvalue weighted by molar-refractivity contribution is 0.0668. The summed E-state index contributed by atoms with van der Waals surface area (Å²) >= 11 is 8.41. The Morgan fingerprint density at radius 1 is 1.37 bits per heavy atom. The van der Waals surface area contributed by atoms with Crippen LogP contribution >= 0.6 is 28.1 Å². The van der Waals surface area contributed by atoms with Crippen LogP contribution in [0.5, 0.6) is 0 Å². The van der Waals surface area contributed by atoms with Crippen molar-refractivity contribution in [3.63, 3.8) is 0 Å². The summed E-state index contributed by atoms with van der Waals surface area (Å²) in [4.78, 5) is 2.98. The molecular weight excluding hydrogens is 335 g/mol. The van der Waals surface area contributed by atoms with Gasteiger partial charge in [0.15, 0.2) is 4.77 Å². The van der Waals surface area contributed by atoms with Gasteiger partial charge in [-0.2, -0.15) is 0 Å². The van der Waals surface area contributed by atoms with Crippen LogP contribution in [-0.2, 0) is 16.0 Å². The summed E-state index contributed by atoms with van der Waals surface area (Å²) in [5.74, 6) is -0.313. The van der Waals surface area contributed by atoms with E-state index in [2.05, 4.69) is 20.9 Å². The highest BCUT2D eigenvalue weighted by atomic mass is 79.9. The molecule has 0 saturated heterocycles. The highest BCUT2D eigenvalue weighted by molar-refractivity contribution is 9.10. The molecular formula is C12H14BrFN2O2S. The van der Waals surface area contributed by atoms with Crippen molar-refractivity contribution in [3.8, 4) is 0 Å². The van der Waals surface area contributed by atoms with Crippen LogP contribution in [0.15, 0.2) is 16.6 Å². The Kier molecular flexibility index (Phi) is 5.09. The normalized spacial score (nSPS) is 11.3. The lowest BCUT2D eigenvalue weighted by atomic mass is 10.3. The first-order valence-electron chi connectivity index (χ1n) is 5.77. The molecule has 7 heteroatoms. The number of H-pyrrole nitrogens is 1. The summed E-state index contributed by atoms with van der Waals surface area (Å²) < 4.78 is 26.6. The smallest absolute Gasteiger partial charge is 0.178 e. The average Bonchev–Trinajstić information content (AvgIpc) is 2.66. The van der Waals surface area contributed by atoms with Crippen LogP contribution in [0.1, 0.15) is 0 Å². The van der Waals surface area contributed by atoms with E-state index in [9.17, 15) is 4.39 Å². The Morgan fingerprint density at radius 3 is 2.89 bits per heavy atom. The number of aromatic nitrogens is 2. The maximum Gasteiger partial charge on any atom is 0.178 e. The zero-order valence-electron chi connectivity index (χ0n) is 10.4. The molecule has 19 heavy (non-hydrogen) atoms. The van der Waals surface area contributed by atoms with Crippen molar-refractivity contribution >= 4 is 39.2 Å². The molecule has 0 unspecified atom stereocenters. The van der Waals surface area contributed by atoms with Gasteiger partial charge >= 0.3 is 0 Å². The highest BCUT2D eigenvalue weighted by Gasteiger charge is 2.08. The molecule has 0 fully saturated rings. The van der Waals surface area contributed by atoms with Gasteiger partial charge < -0.3 is 19.0 Å². The first-order chi connectivity index (χ1) is 9.13. The van der Waals surface area contributed by atoms with Gasteiger partial charge in [-0.1, -0.05) is 0 Å². The molecule has 0 aliphatic rings. The predicted molar refractivity (Wildman–Crippen MR) is 77.5 cm³/mol. The average molecular weight is 349 g/mol. The van der Waals surface area contributed by atoms with E-state index in [4.69, 9.17) is 21.7 Å². The number of hydrogen-bond donors (Lipinski definition) is 1. The van der Waals surface area contributed by atoms with Crippen LogP contribution in [0.25, 0.3) is 11.0 Å². The van der Waals surface area contributed by atoms with Crippen LogP contribution in [0.3, 0.4) is 0 Å². The largest absolute Gasteiger partial charge is 0.382 e. The van der Waals surface area contributed by atoms with Gasteiger partial charge in [-0.3, -0.25) is 0 Å². The van der Waals surface area contributed by atoms with Crippen LogP contribution in [0.2, 0.25) is 0 Å². The summed E-state index contributed by atoms with van der Waals surface area (Å²) in [6.07, 6.45) is 0. The Labute approximate surface area is 123 Å². The molecule has 0 radical (unpaired) electrons. The molecule has 0 atom stereocenters. The monoisotopic (exact) mass is 348 g/mol. The maximum atomic E-state index is 13.4. The van der Waals surface area contributed by atoms with Crippen LogP contribution in [-0.4, -0.2) is 36.5 Å². The lowest BCUT2D eigenvalue weighted by Gasteiger charge is -2.06. The summed E-state index contributed by atoms with van der Waals surface area (Å²) in [6.45, 7) is 2.25. The van der Waals surface area contributed by atoms with E-state index in [0.717, 1.165) is 5.52 Å². The number of aromatic amines is 1. The number of ether oxygens (including phenoxy) is 2. The van der Waals surface area contributed by atoms with E-state index in [0.29, 0.717) is 41.1 Å². The fourth-order valence-corrected chi connectivity index (χ4v) is 2.40. The summed E-state index contributed by atoms with van der Waals surface area (Å²) in [5, 5.41) is 0. The first kappa shape index (κ1) is 14.6. The van der Waals surface area contributed by atoms with Gasteiger partial charge in [0, 0.05) is 19.7 Å². The summed E-state index contributed by atoms with van der Waals surface area (Å²) in [7, 11) is 1.63. The van der Waals surface area contributed by atoms with Crippen LogP contribution in [0, 0.1) is 10.6 Å². The van der Waals surface area contributed by atoms with Crippen molar-refractivity contribution in [2.24, 2.45) is 0 Å². The molecule has 1 aromatic carbocycles. The lowest BCUT2D eigenvalue weighted by Crippen LogP contribution is -2.09. The molecule has 1 heterocycles. The predicted octanol–water partition coefficient (Wildman–Crippen LogP) is 3.26. The highest BCUT2D eigenvalue weighted by Crippen LogP contribution is 2.23. The summed E-state index contributed by atoms with van der Waals surface area (Å²) in [6, 6.07) is 3.14. The molecule has 0 bridgehead atoms. The number of nitrogens with zero attached hydrogens (tertiary/aromatic N) is 1. The second-order valence-corrected chi connectivity index (χ2v) is 5.21. The molecule has 2 aromatic rings. The van der Waals surface area contributed by atoms with Crippen LogP contribution < -0.4 is 0 Å². The van der Waals surface area contributed by atoms with E-state index in [1.54, 1.807) is 13.2 Å². The second kappa shape index (κ2) is 6.60. The number of imidazole rings is 1. The van der Waals surface area contributed by atoms with Crippen molar-refractivity contribution < 1.29 is 13.9 Å². The van der Waals surface area contributed by atoms with Crippen molar-refractivity contribution in [2.45, 2.75) is 6.54 Å². The SMILES string of the molecule is COCCOCCn1c(=S)[nH]c2cc(F)c(Br)cc21. The topological polar surface area (TPSA) is 39.2 Å². The summed E-state index contributed by atoms with van der Waals surface area (Å²) in [5.41, 5.74) is 1.54. The minimum atomic E-state index is -0.313. The fraction of sp³-hybridized carbons (Fsp3) is 0.417. The number of fused-ring (bicyclic) bond motifs is 1. The van der Waals surface area contributed by atoms with E-state index >= 15 is 0 Å². The number of methoxy groups -OCH3 is 1. The zero-order chi connectivity index (χ0) is 13.8. The van der Waals surface area contributed by atoms with Gasteiger partial charge in [-0.05, 0) is 34.2 Å². The van der Waals surface area contributed by atoms with Gasteiger partial charge in [0.2, 0.25) is 0 Å². The molecule has 0 amide bonds. The Balaban J connectivity index is 2.16. The van der Waals surface area contributed by atoms with E-state index in [1.165, 1.54) is 6.07 Å². The van der Waals surface area contributed by atoms with Gasteiger partial charge in [-0.25, -0.2) is 4.39 Å². The van der Waals surface area contributed by atoms with Gasteiger partial charge in [0.05, 0.1) is 35.3 Å². The molecule has 1 aromatic heterocycles. The van der Waals surface area contributed by atoms with Crippen molar-refractivity contribution in [1.82, 2.24) is 9.55 Å². The van der Waals surface area contributed by atoms with E-state index in [1.807, 2.05) is 4.57 Å². The number of nitrogens with one attached hydrogen (secondary N) is 1. The quantitative estimate of drug-likeness (QED) is 0.643. The van der Waals surface area contributed by atoms with Crippen LogP contribution in [0.4, 0.5) is 4.39 Å². The number of rotatable bonds is 6. The molecule has 104 valence electrons. The number of halogens is 2. The van der Waals surface area contributed by atoms with E-state index < -0.39 is 0 Å². The Morgan fingerprint density at radius 2 is 2.16 bits per heavy atom. The Bertz CT molecular complexity index is 626. The third-order valence-corrected chi connectivity index (χ3v) is 3.64.